The maximum Gasteiger partial charge on any atom is 0.112 e. The van der Waals surface area contributed by atoms with Crippen LogP contribution in [0.15, 0.2) is 18.8 Å². The molecule has 0 aliphatic carbocycles. The van der Waals surface area contributed by atoms with Gasteiger partial charge in [-0.15, -0.1) is 0 Å². The average molecular weight is 241 g/mol. The Morgan fingerprint density at radius 3 is 2.56 bits per heavy atom. The number of nitrogen functional groups attached to an aromatic ring is 1. The first-order valence-electron chi connectivity index (χ1n) is 5.37. The summed E-state index contributed by atoms with van der Waals surface area (Å²) in [6, 6.07) is 1.78. The van der Waals surface area contributed by atoms with Crippen LogP contribution in [0.2, 0.25) is 0 Å². The molecule has 0 bridgehead atoms. The molecule has 0 unspecified atom stereocenters. The molecule has 0 aliphatic heterocycles. The highest BCUT2D eigenvalue weighted by Crippen LogP contribution is 2.15. The molecule has 18 heavy (non-hydrogen) atoms. The average Bonchev–Trinajstić information content (AvgIpc) is 2.27. The largest absolute Gasteiger partial charge is 0.402 e. The van der Waals surface area contributed by atoms with Crippen molar-refractivity contribution < 1.29 is 0 Å². The van der Waals surface area contributed by atoms with E-state index < -0.39 is 0 Å². The van der Waals surface area contributed by atoms with E-state index >= 15 is 0 Å². The van der Waals surface area contributed by atoms with E-state index in [1.165, 1.54) is 0 Å². The molecule has 2 aromatic heterocycles. The van der Waals surface area contributed by atoms with Crippen LogP contribution in [0.5, 0.6) is 0 Å². The number of anilines is 1. The summed E-state index contributed by atoms with van der Waals surface area (Å²) in [4.78, 5) is 8.61. The third-order valence-corrected chi connectivity index (χ3v) is 2.70. The highest BCUT2D eigenvalue weighted by atomic mass is 14.8. The summed E-state index contributed by atoms with van der Waals surface area (Å²) >= 11 is 0. The fourth-order valence-corrected chi connectivity index (χ4v) is 1.84. The Hall–Kier alpha value is -2.56. The van der Waals surface area contributed by atoms with Crippen LogP contribution < -0.4 is 27.8 Å². The van der Waals surface area contributed by atoms with E-state index in [-0.39, 0.29) is 0 Å². The normalized spacial score (nSPS) is 12.5. The van der Waals surface area contributed by atoms with Gasteiger partial charge < -0.3 is 17.2 Å². The lowest BCUT2D eigenvalue weighted by Crippen LogP contribution is -2.34. The van der Waals surface area contributed by atoms with Crippen molar-refractivity contribution >= 4 is 34.7 Å². The second-order valence-electron chi connectivity index (χ2n) is 4.15. The fourth-order valence-electron chi connectivity index (χ4n) is 1.84. The molecular weight excluding hydrogens is 226 g/mol. The van der Waals surface area contributed by atoms with Gasteiger partial charge in [0, 0.05) is 28.4 Å². The van der Waals surface area contributed by atoms with Gasteiger partial charge >= 0.3 is 0 Å². The molecule has 2 aromatic rings. The summed E-state index contributed by atoms with van der Waals surface area (Å²) in [7, 11) is 0. The van der Waals surface area contributed by atoms with Gasteiger partial charge in [0.15, 0.2) is 0 Å². The highest BCUT2D eigenvalue weighted by Gasteiger charge is 2.07. The van der Waals surface area contributed by atoms with Gasteiger partial charge in [-0.25, -0.2) is 4.98 Å². The summed E-state index contributed by atoms with van der Waals surface area (Å²) < 4.78 is 0. The summed E-state index contributed by atoms with van der Waals surface area (Å²) in [6.07, 6.45) is 1.61. The van der Waals surface area contributed by atoms with E-state index in [4.69, 9.17) is 17.2 Å². The molecule has 0 spiro atoms. The first kappa shape index (κ1) is 11.9. The van der Waals surface area contributed by atoms with Crippen molar-refractivity contribution in [2.45, 2.75) is 6.92 Å². The molecule has 0 amide bonds. The molecule has 0 radical (unpaired) electrons. The van der Waals surface area contributed by atoms with Gasteiger partial charge in [-0.05, 0) is 13.0 Å². The van der Waals surface area contributed by atoms with Crippen molar-refractivity contribution in [1.82, 2.24) is 9.97 Å². The van der Waals surface area contributed by atoms with Gasteiger partial charge in [-0.3, -0.25) is 4.98 Å². The van der Waals surface area contributed by atoms with E-state index in [0.29, 0.717) is 38.7 Å². The van der Waals surface area contributed by atoms with Crippen molar-refractivity contribution in [1.29, 1.82) is 0 Å². The number of pyridine rings is 2. The van der Waals surface area contributed by atoms with Gasteiger partial charge in [0.2, 0.25) is 0 Å². The Balaban J connectivity index is 2.96. The molecule has 0 aromatic carbocycles. The van der Waals surface area contributed by atoms with Gasteiger partial charge in [-0.1, -0.05) is 13.2 Å². The Kier molecular flexibility index (Phi) is 2.67. The Labute approximate surface area is 104 Å². The molecule has 2 rings (SSSR count). The number of rotatable bonds is 1. The van der Waals surface area contributed by atoms with Gasteiger partial charge in [0.25, 0.3) is 0 Å². The number of nitrogens with zero attached hydrogens (tertiary/aromatic N) is 2. The quantitative estimate of drug-likeness (QED) is 0.632. The zero-order valence-corrected chi connectivity index (χ0v) is 10.2. The van der Waals surface area contributed by atoms with Crippen molar-refractivity contribution in [3.05, 3.63) is 35.0 Å². The Morgan fingerprint density at radius 1 is 1.33 bits per heavy atom. The minimum Gasteiger partial charge on any atom is -0.402 e. The highest BCUT2D eigenvalue weighted by molar-refractivity contribution is 5.88. The minimum atomic E-state index is 0.432. The van der Waals surface area contributed by atoms with Crippen molar-refractivity contribution in [2.75, 3.05) is 5.73 Å². The predicted octanol–water partition coefficient (Wildman–Crippen LogP) is -0.361. The number of nitrogens with two attached hydrogens (primary N) is 3. The fraction of sp³-hybridized carbons (Fsp3) is 0.0769. The van der Waals surface area contributed by atoms with Gasteiger partial charge in [0.1, 0.15) is 5.52 Å². The zero-order valence-electron chi connectivity index (χ0n) is 10.2. The first-order valence-corrected chi connectivity index (χ1v) is 5.37. The van der Waals surface area contributed by atoms with Crippen LogP contribution in [0.3, 0.4) is 0 Å². The second-order valence-corrected chi connectivity index (χ2v) is 4.15. The van der Waals surface area contributed by atoms with Crippen LogP contribution in [-0.2, 0) is 0 Å². The molecule has 0 fully saturated rings. The SMILES string of the molecule is C=C(N)c1cnc2c(N)/c(=C(/C)N)c(=C)nc2c1. The van der Waals surface area contributed by atoms with E-state index in [2.05, 4.69) is 23.1 Å². The Morgan fingerprint density at radius 2 is 2.00 bits per heavy atom. The molecule has 92 valence electrons. The van der Waals surface area contributed by atoms with Crippen LogP contribution in [-0.4, -0.2) is 9.97 Å². The third-order valence-electron chi connectivity index (χ3n) is 2.70. The Bertz CT molecular complexity index is 757. The summed E-state index contributed by atoms with van der Waals surface area (Å²) in [5.41, 5.74) is 20.9. The van der Waals surface area contributed by atoms with Crippen LogP contribution >= 0.6 is 0 Å². The van der Waals surface area contributed by atoms with Crippen LogP contribution in [0.25, 0.3) is 29.0 Å². The van der Waals surface area contributed by atoms with Crippen LogP contribution in [0, 0.1) is 0 Å². The summed E-state index contributed by atoms with van der Waals surface area (Å²) in [6.45, 7) is 9.27. The first-order chi connectivity index (χ1) is 8.41. The number of hydrogen-bond acceptors (Lipinski definition) is 5. The van der Waals surface area contributed by atoms with E-state index in [1.807, 2.05) is 0 Å². The smallest absolute Gasteiger partial charge is 0.112 e. The van der Waals surface area contributed by atoms with E-state index in [1.54, 1.807) is 19.2 Å². The number of hydrogen-bond donors (Lipinski definition) is 3. The lowest BCUT2D eigenvalue weighted by Gasteiger charge is -2.06. The maximum absolute atomic E-state index is 6.05. The molecule has 5 nitrogen and oxygen atoms in total. The minimum absolute atomic E-state index is 0.432. The second kappa shape index (κ2) is 4.03. The van der Waals surface area contributed by atoms with Crippen molar-refractivity contribution in [3.8, 4) is 0 Å². The molecule has 0 aliphatic rings. The maximum atomic E-state index is 6.05. The predicted molar refractivity (Wildman–Crippen MR) is 75.2 cm³/mol. The molecule has 0 saturated heterocycles. The molecule has 6 N–H and O–H groups in total. The third kappa shape index (κ3) is 1.75. The molecule has 0 saturated carbocycles. The monoisotopic (exact) mass is 241 g/mol. The van der Waals surface area contributed by atoms with Crippen molar-refractivity contribution in [3.63, 3.8) is 0 Å². The molecule has 5 heteroatoms. The lowest BCUT2D eigenvalue weighted by molar-refractivity contribution is 1.24. The summed E-state index contributed by atoms with van der Waals surface area (Å²) in [5.74, 6) is 0. The van der Waals surface area contributed by atoms with E-state index in [9.17, 15) is 0 Å². The number of aromatic nitrogens is 2. The van der Waals surface area contributed by atoms with Crippen LogP contribution in [0.1, 0.15) is 12.5 Å². The standard InChI is InChI=1S/C13H15N5/c1-6(14)9-4-10-13(17-5-9)12(16)11(7(2)15)8(3)18-10/h4-5H,1,3,14-16H2,2H3/b11-7-. The molecule has 0 atom stereocenters. The lowest BCUT2D eigenvalue weighted by atomic mass is 10.1. The summed E-state index contributed by atoms with van der Waals surface area (Å²) in [5, 5.41) is 1.18. The van der Waals surface area contributed by atoms with Crippen molar-refractivity contribution in [2.24, 2.45) is 11.5 Å². The van der Waals surface area contributed by atoms with E-state index in [0.717, 1.165) is 5.56 Å². The van der Waals surface area contributed by atoms with Gasteiger partial charge in [-0.2, -0.15) is 0 Å². The topological polar surface area (TPSA) is 104 Å². The van der Waals surface area contributed by atoms with Gasteiger partial charge in [0.05, 0.1) is 16.6 Å². The zero-order chi connectivity index (χ0) is 13.4. The molecule has 2 heterocycles. The molecular formula is C13H15N5. The van der Waals surface area contributed by atoms with Crippen LogP contribution in [0.4, 0.5) is 5.69 Å². The number of fused-ring (bicyclic) bond motifs is 1.